The maximum absolute atomic E-state index is 14.0. The van der Waals surface area contributed by atoms with Gasteiger partial charge in [0.15, 0.2) is 5.16 Å². The lowest BCUT2D eigenvalue weighted by Crippen LogP contribution is -2.49. The molecule has 0 unspecified atom stereocenters. The first-order valence-corrected chi connectivity index (χ1v) is 11.5. The molecule has 0 atom stereocenters. The summed E-state index contributed by atoms with van der Waals surface area (Å²) in [5.41, 5.74) is 2.49. The Balaban J connectivity index is 1.38. The van der Waals surface area contributed by atoms with Crippen molar-refractivity contribution in [1.29, 1.82) is 0 Å². The molecule has 2 aromatic carbocycles. The number of piperazine rings is 1. The van der Waals surface area contributed by atoms with Crippen LogP contribution in [0.1, 0.15) is 13.3 Å². The molecule has 0 radical (unpaired) electrons. The van der Waals surface area contributed by atoms with Gasteiger partial charge in [-0.3, -0.25) is 4.79 Å². The maximum Gasteiger partial charge on any atom is 0.233 e. The molecule has 2 heterocycles. The number of rotatable bonds is 6. The predicted octanol–water partition coefficient (Wildman–Crippen LogP) is 4.68. The Labute approximate surface area is 184 Å². The molecule has 1 aliphatic heterocycles. The van der Waals surface area contributed by atoms with Gasteiger partial charge in [-0.1, -0.05) is 42.4 Å². The number of hydrogen-bond donors (Lipinski definition) is 0. The van der Waals surface area contributed by atoms with Crippen molar-refractivity contribution >= 4 is 46.0 Å². The van der Waals surface area contributed by atoms with Crippen molar-refractivity contribution in [2.75, 3.05) is 36.8 Å². The number of hydrogen-bond acceptors (Lipinski definition) is 4. The minimum atomic E-state index is -0.220. The van der Waals surface area contributed by atoms with E-state index in [0.717, 1.165) is 29.2 Å². The van der Waals surface area contributed by atoms with Gasteiger partial charge in [-0.2, -0.15) is 0 Å². The van der Waals surface area contributed by atoms with Crippen LogP contribution >= 0.6 is 23.4 Å². The molecule has 30 heavy (non-hydrogen) atoms. The highest BCUT2D eigenvalue weighted by molar-refractivity contribution is 7.99. The van der Waals surface area contributed by atoms with Crippen molar-refractivity contribution in [3.63, 3.8) is 0 Å². The molecule has 158 valence electrons. The van der Waals surface area contributed by atoms with E-state index in [1.54, 1.807) is 12.1 Å². The zero-order valence-corrected chi connectivity index (χ0v) is 18.4. The largest absolute Gasteiger partial charge is 0.366 e. The van der Waals surface area contributed by atoms with Crippen LogP contribution in [0.25, 0.3) is 11.0 Å². The number of benzene rings is 2. The first-order valence-electron chi connectivity index (χ1n) is 10.1. The first-order chi connectivity index (χ1) is 14.6. The van der Waals surface area contributed by atoms with Crippen molar-refractivity contribution in [2.45, 2.75) is 25.0 Å². The van der Waals surface area contributed by atoms with E-state index in [1.165, 1.54) is 17.8 Å². The van der Waals surface area contributed by atoms with Crippen LogP contribution < -0.4 is 4.90 Å². The Morgan fingerprint density at radius 2 is 1.93 bits per heavy atom. The maximum atomic E-state index is 14.0. The molecular weight excluding hydrogens is 423 g/mol. The molecule has 0 aliphatic carbocycles. The number of amides is 1. The molecule has 3 aromatic rings. The molecular formula is C22H24ClFN4OS. The SMILES string of the molecule is CCCn1c(SCC(=O)N2CCN(c3ccccc3F)CC2)nc2cc(Cl)ccc21. The van der Waals surface area contributed by atoms with Crippen molar-refractivity contribution in [1.82, 2.24) is 14.5 Å². The normalized spacial score (nSPS) is 14.5. The molecule has 1 saturated heterocycles. The van der Waals surface area contributed by atoms with Crippen LogP contribution in [0.2, 0.25) is 5.02 Å². The van der Waals surface area contributed by atoms with Gasteiger partial charge in [0.2, 0.25) is 5.91 Å². The Morgan fingerprint density at radius 1 is 1.17 bits per heavy atom. The Morgan fingerprint density at radius 3 is 2.67 bits per heavy atom. The highest BCUT2D eigenvalue weighted by atomic mass is 35.5. The topological polar surface area (TPSA) is 41.4 Å². The van der Waals surface area contributed by atoms with Gasteiger partial charge in [-0.15, -0.1) is 0 Å². The zero-order chi connectivity index (χ0) is 21.1. The Hall–Kier alpha value is -2.25. The second-order valence-electron chi connectivity index (χ2n) is 7.29. The number of fused-ring (bicyclic) bond motifs is 1. The molecule has 0 spiro atoms. The molecule has 1 aliphatic rings. The Kier molecular flexibility index (Phi) is 6.49. The zero-order valence-electron chi connectivity index (χ0n) is 16.9. The summed E-state index contributed by atoms with van der Waals surface area (Å²) in [7, 11) is 0. The number of aromatic nitrogens is 2. The van der Waals surface area contributed by atoms with Gasteiger partial charge >= 0.3 is 0 Å². The van der Waals surface area contributed by atoms with Crippen LogP contribution in [-0.4, -0.2) is 52.3 Å². The fourth-order valence-corrected chi connectivity index (χ4v) is 4.86. The van der Waals surface area contributed by atoms with Gasteiger partial charge in [0, 0.05) is 37.7 Å². The summed E-state index contributed by atoms with van der Waals surface area (Å²) < 4.78 is 16.2. The van der Waals surface area contributed by atoms with E-state index in [2.05, 4.69) is 11.5 Å². The van der Waals surface area contributed by atoms with Gasteiger partial charge in [-0.05, 0) is 36.8 Å². The molecule has 4 rings (SSSR count). The number of carbonyl (C=O) groups excluding carboxylic acids is 1. The van der Waals surface area contributed by atoms with E-state index in [4.69, 9.17) is 16.6 Å². The quantitative estimate of drug-likeness (QED) is 0.515. The molecule has 1 amide bonds. The van der Waals surface area contributed by atoms with Crippen LogP contribution in [0, 0.1) is 5.82 Å². The lowest BCUT2D eigenvalue weighted by molar-refractivity contribution is -0.128. The van der Waals surface area contributed by atoms with Gasteiger partial charge in [0.05, 0.1) is 22.5 Å². The average molecular weight is 447 g/mol. The van der Waals surface area contributed by atoms with E-state index >= 15 is 0 Å². The average Bonchev–Trinajstić information content (AvgIpc) is 3.09. The summed E-state index contributed by atoms with van der Waals surface area (Å²) in [5.74, 6) is 0.199. The number of aryl methyl sites for hydroxylation is 1. The number of nitrogens with zero attached hydrogens (tertiary/aromatic N) is 4. The van der Waals surface area contributed by atoms with Gasteiger partial charge in [-0.25, -0.2) is 9.37 Å². The molecule has 5 nitrogen and oxygen atoms in total. The van der Waals surface area contributed by atoms with E-state index in [-0.39, 0.29) is 11.7 Å². The molecule has 1 fully saturated rings. The summed E-state index contributed by atoms with van der Waals surface area (Å²) in [5, 5.41) is 1.50. The first kappa shape index (κ1) is 21.0. The fraction of sp³-hybridized carbons (Fsp3) is 0.364. The minimum absolute atomic E-state index is 0.0846. The fourth-order valence-electron chi connectivity index (χ4n) is 3.75. The number of halogens is 2. The van der Waals surface area contributed by atoms with Gasteiger partial charge < -0.3 is 14.4 Å². The molecule has 0 bridgehead atoms. The Bertz CT molecular complexity index is 1050. The number of anilines is 1. The van der Waals surface area contributed by atoms with Crippen molar-refractivity contribution in [2.24, 2.45) is 0 Å². The van der Waals surface area contributed by atoms with Crippen LogP contribution in [0.3, 0.4) is 0 Å². The van der Waals surface area contributed by atoms with Crippen LogP contribution in [0.5, 0.6) is 0 Å². The number of imidazole rings is 1. The van der Waals surface area contributed by atoms with Gasteiger partial charge in [0.25, 0.3) is 0 Å². The van der Waals surface area contributed by atoms with Crippen LogP contribution in [-0.2, 0) is 11.3 Å². The summed E-state index contributed by atoms with van der Waals surface area (Å²) in [4.78, 5) is 21.3. The summed E-state index contributed by atoms with van der Waals surface area (Å²) in [6, 6.07) is 12.5. The van der Waals surface area contributed by atoms with Crippen molar-refractivity contribution in [3.05, 3.63) is 53.3 Å². The van der Waals surface area contributed by atoms with Crippen LogP contribution in [0.15, 0.2) is 47.6 Å². The highest BCUT2D eigenvalue weighted by Gasteiger charge is 2.23. The molecule has 1 aromatic heterocycles. The lowest BCUT2D eigenvalue weighted by atomic mass is 10.2. The van der Waals surface area contributed by atoms with Crippen molar-refractivity contribution < 1.29 is 9.18 Å². The van der Waals surface area contributed by atoms with E-state index in [9.17, 15) is 9.18 Å². The minimum Gasteiger partial charge on any atom is -0.366 e. The second kappa shape index (κ2) is 9.27. The smallest absolute Gasteiger partial charge is 0.233 e. The summed E-state index contributed by atoms with van der Waals surface area (Å²) >= 11 is 7.57. The molecule has 0 N–H and O–H groups in total. The third-order valence-electron chi connectivity index (χ3n) is 5.27. The molecule has 0 saturated carbocycles. The van der Waals surface area contributed by atoms with E-state index in [1.807, 2.05) is 34.1 Å². The van der Waals surface area contributed by atoms with Gasteiger partial charge in [0.1, 0.15) is 5.82 Å². The third kappa shape index (κ3) is 4.42. The van der Waals surface area contributed by atoms with Crippen molar-refractivity contribution in [3.8, 4) is 0 Å². The number of thioether (sulfide) groups is 1. The second-order valence-corrected chi connectivity index (χ2v) is 8.67. The standard InChI is InChI=1S/C22H24ClFN4OS/c1-2-9-28-20-8-7-16(23)14-18(20)25-22(28)30-15-21(29)27-12-10-26(11-13-27)19-6-4-3-5-17(19)24/h3-8,14H,2,9-13,15H2,1H3. The highest BCUT2D eigenvalue weighted by Crippen LogP contribution is 2.27. The van der Waals surface area contributed by atoms with E-state index in [0.29, 0.717) is 42.6 Å². The number of para-hydroxylation sites is 1. The predicted molar refractivity (Wildman–Crippen MR) is 121 cm³/mol. The summed E-state index contributed by atoms with van der Waals surface area (Å²) in [6.45, 7) is 5.41. The number of carbonyl (C=O) groups is 1. The van der Waals surface area contributed by atoms with E-state index < -0.39 is 0 Å². The van der Waals surface area contributed by atoms with Crippen LogP contribution in [0.4, 0.5) is 10.1 Å². The summed E-state index contributed by atoms with van der Waals surface area (Å²) in [6.07, 6.45) is 0.980. The monoisotopic (exact) mass is 446 g/mol. The molecule has 8 heteroatoms. The third-order valence-corrected chi connectivity index (χ3v) is 6.47. The lowest BCUT2D eigenvalue weighted by Gasteiger charge is -2.36.